The first kappa shape index (κ1) is 9.04. The standard InChI is InChI=1S/C11H14ClN/c1-13-6-5-10(8-13)9-3-2-4-11(12)7-9/h2-4,7,10H,5-6,8H2,1H3. The molecule has 70 valence electrons. The van der Waals surface area contributed by atoms with Gasteiger partial charge in [-0.3, -0.25) is 0 Å². The lowest BCUT2D eigenvalue weighted by molar-refractivity contribution is 0.411. The lowest BCUT2D eigenvalue weighted by atomic mass is 9.99. The number of benzene rings is 1. The van der Waals surface area contributed by atoms with Crippen LogP contribution in [0, 0.1) is 0 Å². The van der Waals surface area contributed by atoms with Crippen LogP contribution in [0.4, 0.5) is 0 Å². The molecule has 1 saturated heterocycles. The molecule has 0 aromatic heterocycles. The average Bonchev–Trinajstić information content (AvgIpc) is 2.52. The molecule has 1 nitrogen and oxygen atoms in total. The van der Waals surface area contributed by atoms with Crippen molar-refractivity contribution in [1.29, 1.82) is 0 Å². The molecule has 0 N–H and O–H groups in total. The Morgan fingerprint density at radius 2 is 2.31 bits per heavy atom. The van der Waals surface area contributed by atoms with Gasteiger partial charge < -0.3 is 4.90 Å². The number of hydrogen-bond donors (Lipinski definition) is 0. The first-order valence-corrected chi connectivity index (χ1v) is 5.07. The molecule has 1 unspecified atom stereocenters. The second kappa shape index (κ2) is 3.69. The fraction of sp³-hybridized carbons (Fsp3) is 0.455. The maximum atomic E-state index is 5.95. The average molecular weight is 196 g/mol. The fourth-order valence-corrected chi connectivity index (χ4v) is 2.17. The van der Waals surface area contributed by atoms with Crippen molar-refractivity contribution < 1.29 is 0 Å². The van der Waals surface area contributed by atoms with E-state index >= 15 is 0 Å². The van der Waals surface area contributed by atoms with Crippen molar-refractivity contribution in [1.82, 2.24) is 4.90 Å². The molecule has 1 heterocycles. The van der Waals surface area contributed by atoms with Crippen molar-refractivity contribution in [3.63, 3.8) is 0 Å². The predicted octanol–water partition coefficient (Wildman–Crippen LogP) is 2.76. The molecule has 1 aliphatic rings. The number of likely N-dealkylation sites (N-methyl/N-ethyl adjacent to an activating group) is 1. The maximum Gasteiger partial charge on any atom is 0.0408 e. The van der Waals surface area contributed by atoms with Gasteiger partial charge in [0.25, 0.3) is 0 Å². The van der Waals surface area contributed by atoms with Gasteiger partial charge in [-0.15, -0.1) is 0 Å². The summed E-state index contributed by atoms with van der Waals surface area (Å²) in [7, 11) is 2.17. The van der Waals surface area contributed by atoms with E-state index in [4.69, 9.17) is 11.6 Å². The molecule has 2 rings (SSSR count). The van der Waals surface area contributed by atoms with Crippen LogP contribution in [-0.2, 0) is 0 Å². The fourth-order valence-electron chi connectivity index (χ4n) is 1.97. The van der Waals surface area contributed by atoms with Gasteiger partial charge in [-0.2, -0.15) is 0 Å². The summed E-state index contributed by atoms with van der Waals surface area (Å²) in [5.41, 5.74) is 1.39. The summed E-state index contributed by atoms with van der Waals surface area (Å²) < 4.78 is 0. The molecule has 1 aromatic carbocycles. The van der Waals surface area contributed by atoms with E-state index in [1.165, 1.54) is 25.1 Å². The summed E-state index contributed by atoms with van der Waals surface area (Å²) in [4.78, 5) is 2.37. The molecule has 1 atom stereocenters. The summed E-state index contributed by atoms with van der Waals surface area (Å²) in [5.74, 6) is 0.684. The predicted molar refractivity (Wildman–Crippen MR) is 56.3 cm³/mol. The van der Waals surface area contributed by atoms with Gasteiger partial charge in [-0.05, 0) is 43.6 Å². The Balaban J connectivity index is 2.16. The SMILES string of the molecule is CN1CCC(c2cccc(Cl)c2)C1. The molecular weight excluding hydrogens is 182 g/mol. The van der Waals surface area contributed by atoms with Gasteiger partial charge in [-0.25, -0.2) is 0 Å². The number of likely N-dealkylation sites (tertiary alicyclic amines) is 1. The molecule has 0 bridgehead atoms. The van der Waals surface area contributed by atoms with Gasteiger partial charge in [0.2, 0.25) is 0 Å². The van der Waals surface area contributed by atoms with Crippen LogP contribution in [0.25, 0.3) is 0 Å². The molecule has 0 amide bonds. The number of rotatable bonds is 1. The van der Waals surface area contributed by atoms with Gasteiger partial charge >= 0.3 is 0 Å². The number of halogens is 1. The Kier molecular flexibility index (Phi) is 2.56. The maximum absolute atomic E-state index is 5.95. The Hall–Kier alpha value is -0.530. The minimum Gasteiger partial charge on any atom is -0.306 e. The smallest absolute Gasteiger partial charge is 0.0408 e. The molecule has 0 radical (unpaired) electrons. The minimum absolute atomic E-state index is 0.684. The van der Waals surface area contributed by atoms with E-state index in [2.05, 4.69) is 24.1 Å². The molecule has 0 spiro atoms. The summed E-state index contributed by atoms with van der Waals surface area (Å²) in [5, 5.41) is 0.854. The van der Waals surface area contributed by atoms with Crippen molar-refractivity contribution in [3.8, 4) is 0 Å². The topological polar surface area (TPSA) is 3.24 Å². The normalized spacial score (nSPS) is 23.7. The van der Waals surface area contributed by atoms with Crippen LogP contribution in [0.3, 0.4) is 0 Å². The van der Waals surface area contributed by atoms with Crippen molar-refractivity contribution in [2.24, 2.45) is 0 Å². The molecular formula is C11H14ClN. The highest BCUT2D eigenvalue weighted by Crippen LogP contribution is 2.27. The Morgan fingerprint density at radius 1 is 1.46 bits per heavy atom. The molecule has 1 aromatic rings. The molecule has 2 heteroatoms. The Morgan fingerprint density at radius 3 is 2.92 bits per heavy atom. The van der Waals surface area contributed by atoms with Crippen LogP contribution < -0.4 is 0 Å². The van der Waals surface area contributed by atoms with Crippen molar-refractivity contribution in [2.45, 2.75) is 12.3 Å². The Bertz CT molecular complexity index is 298. The van der Waals surface area contributed by atoms with E-state index < -0.39 is 0 Å². The highest BCUT2D eigenvalue weighted by molar-refractivity contribution is 6.30. The molecule has 0 saturated carbocycles. The van der Waals surface area contributed by atoms with Gasteiger partial charge in [0.15, 0.2) is 0 Å². The van der Waals surface area contributed by atoms with E-state index in [0.717, 1.165) is 5.02 Å². The van der Waals surface area contributed by atoms with Crippen LogP contribution in [-0.4, -0.2) is 25.0 Å². The second-order valence-corrected chi connectivity index (χ2v) is 4.24. The molecule has 0 aliphatic carbocycles. The van der Waals surface area contributed by atoms with Crippen molar-refractivity contribution in [3.05, 3.63) is 34.9 Å². The van der Waals surface area contributed by atoms with Crippen LogP contribution in [0.15, 0.2) is 24.3 Å². The highest BCUT2D eigenvalue weighted by Gasteiger charge is 2.20. The zero-order chi connectivity index (χ0) is 9.26. The zero-order valence-electron chi connectivity index (χ0n) is 7.83. The molecule has 13 heavy (non-hydrogen) atoms. The lowest BCUT2D eigenvalue weighted by Crippen LogP contribution is -2.13. The molecule has 1 fully saturated rings. The van der Waals surface area contributed by atoms with Gasteiger partial charge in [0, 0.05) is 11.6 Å². The van der Waals surface area contributed by atoms with Gasteiger partial charge in [-0.1, -0.05) is 23.7 Å². The lowest BCUT2D eigenvalue weighted by Gasteiger charge is -2.10. The summed E-state index contributed by atoms with van der Waals surface area (Å²) >= 11 is 5.95. The zero-order valence-corrected chi connectivity index (χ0v) is 8.59. The first-order chi connectivity index (χ1) is 6.25. The number of hydrogen-bond acceptors (Lipinski definition) is 1. The summed E-state index contributed by atoms with van der Waals surface area (Å²) in [6.45, 7) is 2.37. The Labute approximate surface area is 84.3 Å². The van der Waals surface area contributed by atoms with Crippen molar-refractivity contribution in [2.75, 3.05) is 20.1 Å². The van der Waals surface area contributed by atoms with E-state index in [1.54, 1.807) is 0 Å². The van der Waals surface area contributed by atoms with Crippen LogP contribution in [0.1, 0.15) is 17.9 Å². The summed E-state index contributed by atoms with van der Waals surface area (Å²) in [6, 6.07) is 8.24. The number of nitrogens with zero attached hydrogens (tertiary/aromatic N) is 1. The molecule has 1 aliphatic heterocycles. The summed E-state index contributed by atoms with van der Waals surface area (Å²) in [6.07, 6.45) is 1.26. The minimum atomic E-state index is 0.684. The van der Waals surface area contributed by atoms with E-state index in [-0.39, 0.29) is 0 Å². The monoisotopic (exact) mass is 195 g/mol. The van der Waals surface area contributed by atoms with Gasteiger partial charge in [0.05, 0.1) is 0 Å². The van der Waals surface area contributed by atoms with Crippen LogP contribution in [0.2, 0.25) is 5.02 Å². The first-order valence-electron chi connectivity index (χ1n) is 4.70. The van der Waals surface area contributed by atoms with Gasteiger partial charge in [0.1, 0.15) is 0 Å². The quantitative estimate of drug-likeness (QED) is 0.666. The third-order valence-electron chi connectivity index (χ3n) is 2.71. The van der Waals surface area contributed by atoms with E-state index in [0.29, 0.717) is 5.92 Å². The van der Waals surface area contributed by atoms with Crippen molar-refractivity contribution >= 4 is 11.6 Å². The highest BCUT2D eigenvalue weighted by atomic mass is 35.5. The third kappa shape index (κ3) is 2.04. The largest absolute Gasteiger partial charge is 0.306 e. The van der Waals surface area contributed by atoms with E-state index in [1.807, 2.05) is 12.1 Å². The van der Waals surface area contributed by atoms with Crippen LogP contribution in [0.5, 0.6) is 0 Å². The van der Waals surface area contributed by atoms with Crippen LogP contribution >= 0.6 is 11.6 Å². The third-order valence-corrected chi connectivity index (χ3v) is 2.95. The second-order valence-electron chi connectivity index (χ2n) is 3.80. The van der Waals surface area contributed by atoms with E-state index in [9.17, 15) is 0 Å².